The van der Waals surface area contributed by atoms with Gasteiger partial charge in [0, 0.05) is 12.6 Å². The van der Waals surface area contributed by atoms with Gasteiger partial charge in [-0.3, -0.25) is 9.69 Å². The predicted molar refractivity (Wildman–Crippen MR) is 106 cm³/mol. The first-order valence-corrected chi connectivity index (χ1v) is 9.41. The Hall–Kier alpha value is -2.53. The fourth-order valence-electron chi connectivity index (χ4n) is 2.84. The van der Waals surface area contributed by atoms with Crippen molar-refractivity contribution in [3.8, 4) is 11.5 Å². The van der Waals surface area contributed by atoms with Gasteiger partial charge < -0.3 is 14.8 Å². The van der Waals surface area contributed by atoms with Gasteiger partial charge in [-0.25, -0.2) is 0 Å². The zero-order valence-corrected chi connectivity index (χ0v) is 16.3. The molecule has 144 valence electrons. The van der Waals surface area contributed by atoms with Crippen LogP contribution in [0, 0.1) is 0 Å². The van der Waals surface area contributed by atoms with Gasteiger partial charge in [0.2, 0.25) is 5.91 Å². The molecule has 0 saturated heterocycles. The monoisotopic (exact) mass is 368 g/mol. The Balaban J connectivity index is 1.59. The van der Waals surface area contributed by atoms with Crippen LogP contribution in [0.2, 0.25) is 0 Å². The Bertz CT molecular complexity index is 759. The number of hydrogen-bond donors (Lipinski definition) is 1. The van der Waals surface area contributed by atoms with E-state index < -0.39 is 0 Å². The lowest BCUT2D eigenvalue weighted by Gasteiger charge is -2.24. The van der Waals surface area contributed by atoms with E-state index in [2.05, 4.69) is 5.32 Å². The van der Waals surface area contributed by atoms with Gasteiger partial charge in [0.1, 0.15) is 6.61 Å². The van der Waals surface area contributed by atoms with Crippen LogP contribution >= 0.6 is 0 Å². The molecular formula is C22H28N2O3. The maximum atomic E-state index is 12.2. The summed E-state index contributed by atoms with van der Waals surface area (Å²) < 4.78 is 11.4. The molecule has 1 atom stereocenters. The number of ether oxygens (including phenoxy) is 2. The zero-order chi connectivity index (χ0) is 19.2. The molecule has 1 saturated carbocycles. The first-order valence-electron chi connectivity index (χ1n) is 9.41. The molecule has 3 rings (SSSR count). The fraction of sp³-hybridized carbons (Fsp3) is 0.409. The van der Waals surface area contributed by atoms with E-state index in [1.165, 1.54) is 0 Å². The normalized spacial score (nSPS) is 14.7. The Labute approximate surface area is 161 Å². The molecule has 0 bridgehead atoms. The van der Waals surface area contributed by atoms with Crippen molar-refractivity contribution < 1.29 is 14.3 Å². The van der Waals surface area contributed by atoms with Crippen molar-refractivity contribution in [1.82, 2.24) is 10.2 Å². The highest BCUT2D eigenvalue weighted by Gasteiger charge is 2.27. The molecule has 0 aliphatic heterocycles. The quantitative estimate of drug-likeness (QED) is 0.737. The van der Waals surface area contributed by atoms with Crippen LogP contribution in [-0.4, -0.2) is 37.0 Å². The lowest BCUT2D eigenvalue weighted by Crippen LogP contribution is -2.43. The van der Waals surface area contributed by atoms with Gasteiger partial charge in [0.25, 0.3) is 0 Å². The van der Waals surface area contributed by atoms with Crippen LogP contribution < -0.4 is 14.8 Å². The van der Waals surface area contributed by atoms with Crippen LogP contribution in [0.1, 0.15) is 30.9 Å². The van der Waals surface area contributed by atoms with E-state index in [4.69, 9.17) is 9.47 Å². The molecular weight excluding hydrogens is 340 g/mol. The topological polar surface area (TPSA) is 50.8 Å². The minimum atomic E-state index is -0.175. The smallest absolute Gasteiger partial charge is 0.237 e. The molecule has 0 heterocycles. The molecule has 5 nitrogen and oxygen atoms in total. The molecule has 27 heavy (non-hydrogen) atoms. The number of likely N-dealkylation sites (N-methyl/N-ethyl adjacent to an activating group) is 1. The maximum Gasteiger partial charge on any atom is 0.237 e. The molecule has 2 aromatic rings. The van der Waals surface area contributed by atoms with Crippen molar-refractivity contribution in [3.05, 3.63) is 59.7 Å². The average Bonchev–Trinajstić information content (AvgIpc) is 3.50. The SMILES string of the molecule is COc1cc(CN(C)[C@H](C)C(=O)NC2CC2)ccc1OCc1ccccc1. The molecule has 0 aromatic heterocycles. The Morgan fingerprint density at radius 1 is 1.15 bits per heavy atom. The molecule has 0 radical (unpaired) electrons. The first kappa shape index (κ1) is 19.2. The highest BCUT2D eigenvalue weighted by molar-refractivity contribution is 5.81. The summed E-state index contributed by atoms with van der Waals surface area (Å²) in [6.07, 6.45) is 2.20. The number of benzene rings is 2. The average molecular weight is 368 g/mol. The van der Waals surface area contributed by atoms with E-state index in [-0.39, 0.29) is 11.9 Å². The van der Waals surface area contributed by atoms with Crippen molar-refractivity contribution >= 4 is 5.91 Å². The number of hydrogen-bond acceptors (Lipinski definition) is 4. The van der Waals surface area contributed by atoms with Gasteiger partial charge in [0.05, 0.1) is 13.2 Å². The van der Waals surface area contributed by atoms with Crippen molar-refractivity contribution in [3.63, 3.8) is 0 Å². The minimum absolute atomic E-state index is 0.0924. The van der Waals surface area contributed by atoms with Gasteiger partial charge in [-0.1, -0.05) is 36.4 Å². The second-order valence-electron chi connectivity index (χ2n) is 7.13. The number of nitrogens with zero attached hydrogens (tertiary/aromatic N) is 1. The van der Waals surface area contributed by atoms with E-state index in [1.807, 2.05) is 67.4 Å². The standard InChI is InChI=1S/C22H28N2O3/c1-16(22(25)23-19-10-11-19)24(2)14-18-9-12-20(21(13-18)26-3)27-15-17-7-5-4-6-8-17/h4-9,12-13,16,19H,10-11,14-15H2,1-3H3,(H,23,25)/t16-/m1/s1. The third-order valence-electron chi connectivity index (χ3n) is 4.86. The van der Waals surface area contributed by atoms with Crippen molar-refractivity contribution in [1.29, 1.82) is 0 Å². The van der Waals surface area contributed by atoms with E-state index in [9.17, 15) is 4.79 Å². The molecule has 1 amide bonds. The Kier molecular flexibility index (Phi) is 6.35. The predicted octanol–water partition coefficient (Wildman–Crippen LogP) is 3.37. The summed E-state index contributed by atoms with van der Waals surface area (Å²) >= 11 is 0. The molecule has 1 fully saturated rings. The largest absolute Gasteiger partial charge is 0.493 e. The maximum absolute atomic E-state index is 12.2. The summed E-state index contributed by atoms with van der Waals surface area (Å²) in [5.74, 6) is 1.51. The molecule has 1 aliphatic rings. The van der Waals surface area contributed by atoms with E-state index in [0.717, 1.165) is 24.0 Å². The number of nitrogens with one attached hydrogen (secondary N) is 1. The van der Waals surface area contributed by atoms with Crippen molar-refractivity contribution in [2.24, 2.45) is 0 Å². The summed E-state index contributed by atoms with van der Waals surface area (Å²) in [4.78, 5) is 14.3. The summed E-state index contributed by atoms with van der Waals surface area (Å²) in [7, 11) is 3.60. The lowest BCUT2D eigenvalue weighted by atomic mass is 10.1. The van der Waals surface area contributed by atoms with Crippen LogP contribution in [0.3, 0.4) is 0 Å². The molecule has 0 spiro atoms. The van der Waals surface area contributed by atoms with E-state index in [1.54, 1.807) is 7.11 Å². The number of methoxy groups -OCH3 is 1. The summed E-state index contributed by atoms with van der Waals surface area (Å²) in [6.45, 7) is 3.09. The molecule has 1 aliphatic carbocycles. The zero-order valence-electron chi connectivity index (χ0n) is 16.3. The lowest BCUT2D eigenvalue weighted by molar-refractivity contribution is -0.125. The Morgan fingerprint density at radius 2 is 1.89 bits per heavy atom. The molecule has 1 N–H and O–H groups in total. The molecule has 2 aromatic carbocycles. The summed E-state index contributed by atoms with van der Waals surface area (Å²) in [6, 6.07) is 16.2. The van der Waals surface area contributed by atoms with E-state index >= 15 is 0 Å². The van der Waals surface area contributed by atoms with E-state index in [0.29, 0.717) is 30.7 Å². The Morgan fingerprint density at radius 3 is 2.56 bits per heavy atom. The first-order chi connectivity index (χ1) is 13.1. The van der Waals surface area contributed by atoms with Crippen LogP contribution in [0.15, 0.2) is 48.5 Å². The van der Waals surface area contributed by atoms with Gasteiger partial charge in [-0.05, 0) is 50.1 Å². The summed E-state index contributed by atoms with van der Waals surface area (Å²) in [5, 5.41) is 3.06. The van der Waals surface area contributed by atoms with Gasteiger partial charge in [-0.2, -0.15) is 0 Å². The number of carbonyl (C=O) groups excluding carboxylic acids is 1. The molecule has 5 heteroatoms. The van der Waals surface area contributed by atoms with Gasteiger partial charge in [0.15, 0.2) is 11.5 Å². The van der Waals surface area contributed by atoms with Crippen molar-refractivity contribution in [2.45, 2.75) is 45.0 Å². The molecule has 0 unspecified atom stereocenters. The second-order valence-corrected chi connectivity index (χ2v) is 7.13. The minimum Gasteiger partial charge on any atom is -0.493 e. The van der Waals surface area contributed by atoms with Crippen molar-refractivity contribution in [2.75, 3.05) is 14.2 Å². The van der Waals surface area contributed by atoms with Crippen LogP contribution in [0.4, 0.5) is 0 Å². The highest BCUT2D eigenvalue weighted by atomic mass is 16.5. The van der Waals surface area contributed by atoms with Crippen LogP contribution in [0.5, 0.6) is 11.5 Å². The fourth-order valence-corrected chi connectivity index (χ4v) is 2.84. The van der Waals surface area contributed by atoms with Crippen LogP contribution in [0.25, 0.3) is 0 Å². The summed E-state index contributed by atoms with van der Waals surface area (Å²) in [5.41, 5.74) is 2.19. The number of carbonyl (C=O) groups is 1. The van der Waals surface area contributed by atoms with Gasteiger partial charge >= 0.3 is 0 Å². The van der Waals surface area contributed by atoms with Crippen LogP contribution in [-0.2, 0) is 17.9 Å². The third kappa shape index (κ3) is 5.47. The number of amides is 1. The highest BCUT2D eigenvalue weighted by Crippen LogP contribution is 2.29. The van der Waals surface area contributed by atoms with Gasteiger partial charge in [-0.15, -0.1) is 0 Å². The number of rotatable bonds is 9. The third-order valence-corrected chi connectivity index (χ3v) is 4.86. The second kappa shape index (κ2) is 8.91.